The van der Waals surface area contributed by atoms with Gasteiger partial charge < -0.3 is 0 Å². The third kappa shape index (κ3) is 3.86. The van der Waals surface area contributed by atoms with Crippen molar-refractivity contribution in [1.29, 1.82) is 0 Å². The van der Waals surface area contributed by atoms with Gasteiger partial charge in [0.25, 0.3) is 0 Å². The molecule has 0 aliphatic heterocycles. The molecule has 0 saturated carbocycles. The van der Waals surface area contributed by atoms with Gasteiger partial charge >= 0.3 is 100 Å². The van der Waals surface area contributed by atoms with Crippen LogP contribution in [0.1, 0.15) is 22.3 Å². The monoisotopic (exact) mass is 406 g/mol. The van der Waals surface area contributed by atoms with Crippen LogP contribution >= 0.6 is 19.6 Å². The molecule has 0 aliphatic carbocycles. The van der Waals surface area contributed by atoms with E-state index in [4.69, 9.17) is 13.0 Å². The molecule has 1 heterocycles. The van der Waals surface area contributed by atoms with E-state index in [0.717, 1.165) is 6.42 Å². The summed E-state index contributed by atoms with van der Waals surface area (Å²) >= 11 is 0.857. The molecular weight excluding hydrogens is 392 g/mol. The van der Waals surface area contributed by atoms with Crippen LogP contribution in [-0.2, 0) is 28.1 Å². The molecule has 4 heteroatoms. The van der Waals surface area contributed by atoms with E-state index in [9.17, 15) is 0 Å². The molecule has 1 nitrogen and oxygen atoms in total. The molecule has 13 heavy (non-hydrogen) atoms. The Balaban J connectivity index is 2.56. The zero-order valence-electron chi connectivity index (χ0n) is 8.05. The second kappa shape index (κ2) is 6.38. The quantitative estimate of drug-likeness (QED) is 0.678. The average molecular weight is 405 g/mol. The van der Waals surface area contributed by atoms with E-state index in [-0.39, 0.29) is 6.10 Å². The van der Waals surface area contributed by atoms with E-state index < -0.39 is 23.3 Å². The van der Waals surface area contributed by atoms with Crippen molar-refractivity contribution in [1.82, 2.24) is 0 Å². The number of halogens is 1. The second-order valence-electron chi connectivity index (χ2n) is 3.00. The number of thiophene rings is 1. The van der Waals surface area contributed by atoms with Crippen LogP contribution in [0, 0.1) is 6.92 Å². The van der Waals surface area contributed by atoms with E-state index in [2.05, 4.69) is 19.1 Å². The molecule has 0 N–H and O–H groups in total. The van der Waals surface area contributed by atoms with Gasteiger partial charge in [-0.25, -0.2) is 0 Å². The molecule has 1 aromatic rings. The summed E-state index contributed by atoms with van der Waals surface area (Å²) in [4.78, 5) is 2.70. The molecule has 70 valence electrons. The first-order valence-corrected chi connectivity index (χ1v) is 15.9. The summed E-state index contributed by atoms with van der Waals surface area (Å²) in [5, 5.41) is 0. The predicted molar refractivity (Wildman–Crippen MR) is 54.1 cm³/mol. The van der Waals surface area contributed by atoms with Gasteiger partial charge in [0.15, 0.2) is 0 Å². The maximum absolute atomic E-state index is 5.87. The van der Waals surface area contributed by atoms with Crippen molar-refractivity contribution in [3.63, 3.8) is 0 Å². The molecule has 0 bridgehead atoms. The first-order valence-electron chi connectivity index (χ1n) is 4.43. The Morgan fingerprint density at radius 1 is 1.62 bits per heavy atom. The zero-order valence-corrected chi connectivity index (χ0v) is 15.1. The van der Waals surface area contributed by atoms with Crippen LogP contribution in [0.15, 0.2) is 12.1 Å². The second-order valence-corrected chi connectivity index (χ2v) is 11.9. The molecule has 0 amide bonds. The van der Waals surface area contributed by atoms with Crippen LogP contribution in [-0.4, -0.2) is 7.11 Å². The van der Waals surface area contributed by atoms with Gasteiger partial charge in [0, 0.05) is 0 Å². The van der Waals surface area contributed by atoms with Gasteiger partial charge in [-0.05, 0) is 0 Å². The first kappa shape index (κ1) is 12.0. The van der Waals surface area contributed by atoms with Crippen LogP contribution < -0.4 is 0 Å². The van der Waals surface area contributed by atoms with Crippen LogP contribution in [0.5, 0.6) is 0 Å². The van der Waals surface area contributed by atoms with Crippen molar-refractivity contribution >= 4 is 19.6 Å². The fraction of sp³-hybridized carbons (Fsp3) is 0.556. The van der Waals surface area contributed by atoms with Crippen molar-refractivity contribution in [2.24, 2.45) is 0 Å². The molecule has 0 spiro atoms. The zero-order chi connectivity index (χ0) is 9.68. The van der Waals surface area contributed by atoms with Gasteiger partial charge in [-0.2, -0.15) is 0 Å². The van der Waals surface area contributed by atoms with Gasteiger partial charge in [0.1, 0.15) is 0 Å². The summed E-state index contributed by atoms with van der Waals surface area (Å²) in [6.45, 7) is 2.13. The van der Waals surface area contributed by atoms with Crippen LogP contribution in [0.4, 0.5) is 0 Å². The van der Waals surface area contributed by atoms with Crippen LogP contribution in [0.3, 0.4) is 0 Å². The SMILES string of the molecule is COC(C[CH2][Hg][Cl])c1ccc(C)s1. The van der Waals surface area contributed by atoms with Gasteiger partial charge in [0.05, 0.1) is 0 Å². The maximum atomic E-state index is 5.87. The molecule has 0 aromatic carbocycles. The minimum atomic E-state index is -0.970. The summed E-state index contributed by atoms with van der Waals surface area (Å²) in [5.74, 6) is 0. The fourth-order valence-corrected chi connectivity index (χ4v) is 5.65. The number of hydrogen-bond donors (Lipinski definition) is 0. The summed E-state index contributed by atoms with van der Waals surface area (Å²) in [5.41, 5.74) is 0. The van der Waals surface area contributed by atoms with Crippen molar-refractivity contribution < 1.29 is 28.1 Å². The Morgan fingerprint density at radius 2 is 2.38 bits per heavy atom. The molecule has 1 atom stereocenters. The van der Waals surface area contributed by atoms with Crippen LogP contribution in [0.25, 0.3) is 0 Å². The fourth-order valence-electron chi connectivity index (χ4n) is 1.27. The molecule has 1 unspecified atom stereocenters. The Hall–Kier alpha value is 0.885. The first-order chi connectivity index (χ1) is 6.27. The van der Waals surface area contributed by atoms with Gasteiger partial charge in [-0.15, -0.1) is 0 Å². The molecular formula is C9H13ClHgOS. The van der Waals surface area contributed by atoms with E-state index in [1.807, 2.05) is 11.3 Å². The van der Waals surface area contributed by atoms with Gasteiger partial charge in [-0.1, -0.05) is 0 Å². The number of rotatable bonds is 5. The molecule has 1 rings (SSSR count). The third-order valence-corrected chi connectivity index (χ3v) is 8.03. The average Bonchev–Trinajstić information content (AvgIpc) is 2.54. The summed E-state index contributed by atoms with van der Waals surface area (Å²) < 4.78 is 6.67. The topological polar surface area (TPSA) is 9.23 Å². The number of methoxy groups -OCH3 is 1. The minimum absolute atomic E-state index is 0.289. The van der Waals surface area contributed by atoms with E-state index in [0.29, 0.717) is 0 Å². The van der Waals surface area contributed by atoms with Crippen molar-refractivity contribution in [3.05, 3.63) is 21.9 Å². The predicted octanol–water partition coefficient (Wildman–Crippen LogP) is 3.79. The normalized spacial score (nSPS) is 12.5. The molecule has 0 aliphatic rings. The van der Waals surface area contributed by atoms with E-state index in [1.165, 1.54) is 13.7 Å². The van der Waals surface area contributed by atoms with Gasteiger partial charge in [0.2, 0.25) is 0 Å². The Labute approximate surface area is 99.3 Å². The molecule has 0 radical (unpaired) electrons. The Morgan fingerprint density at radius 3 is 2.85 bits per heavy atom. The molecule has 0 fully saturated rings. The van der Waals surface area contributed by atoms with Crippen molar-refractivity contribution in [3.8, 4) is 0 Å². The number of ether oxygens (including phenoxy) is 1. The number of aryl methyl sites for hydroxylation is 1. The summed E-state index contributed by atoms with van der Waals surface area (Å²) in [6, 6.07) is 4.32. The molecule has 0 saturated heterocycles. The Bertz CT molecular complexity index is 252. The number of hydrogen-bond acceptors (Lipinski definition) is 2. The van der Waals surface area contributed by atoms with E-state index >= 15 is 0 Å². The standard InChI is InChI=1S/C9H13OS.ClH.Hg/c1-4-8(10-3)9-6-5-7(2)11-9;;/h5-6,8H,1,4H2,2-3H3;1H;/q;;+1/p-1. The van der Waals surface area contributed by atoms with Crippen molar-refractivity contribution in [2.75, 3.05) is 7.11 Å². The molecule has 1 aromatic heterocycles. The Kier molecular flexibility index (Phi) is 5.87. The third-order valence-electron chi connectivity index (χ3n) is 1.96. The summed E-state index contributed by atoms with van der Waals surface area (Å²) in [7, 11) is 7.65. The van der Waals surface area contributed by atoms with Crippen molar-refractivity contribution in [2.45, 2.75) is 23.4 Å². The van der Waals surface area contributed by atoms with Crippen LogP contribution in [0.2, 0.25) is 3.93 Å². The van der Waals surface area contributed by atoms with Gasteiger partial charge in [-0.3, -0.25) is 0 Å². The summed E-state index contributed by atoms with van der Waals surface area (Å²) in [6.07, 6.45) is 1.40. The van der Waals surface area contributed by atoms with E-state index in [1.54, 1.807) is 7.11 Å².